The number of carbonyl (C=O) groups excluding carboxylic acids is 1. The number of furan rings is 1. The van der Waals surface area contributed by atoms with Gasteiger partial charge in [-0.15, -0.1) is 0 Å². The van der Waals surface area contributed by atoms with Crippen LogP contribution in [0.1, 0.15) is 16.1 Å². The number of carbonyl (C=O) groups is 1. The van der Waals surface area contributed by atoms with E-state index in [4.69, 9.17) is 4.42 Å². The molecule has 0 fully saturated rings. The standard InChI is InChI=1S/C13H10O4/c14-10-5-2-1-4-9(10)11(15)8-12(16)13-6-3-7-17-13/h1-8,14-15H/b11-8+. The SMILES string of the molecule is O=C(/C=C(/O)c1ccccc1O)c1ccco1. The first-order chi connectivity index (χ1) is 8.18. The highest BCUT2D eigenvalue weighted by molar-refractivity contribution is 6.06. The fourth-order valence-corrected chi connectivity index (χ4v) is 1.38. The topological polar surface area (TPSA) is 70.7 Å². The molecule has 4 heteroatoms. The van der Waals surface area contributed by atoms with Crippen LogP contribution < -0.4 is 0 Å². The number of allylic oxidation sites excluding steroid dienone is 1. The number of phenols is 1. The van der Waals surface area contributed by atoms with Gasteiger partial charge in [0.15, 0.2) is 5.76 Å². The molecule has 1 aromatic heterocycles. The van der Waals surface area contributed by atoms with Gasteiger partial charge in [0.1, 0.15) is 11.5 Å². The number of hydrogen-bond acceptors (Lipinski definition) is 4. The number of aliphatic hydroxyl groups is 1. The number of hydrogen-bond donors (Lipinski definition) is 2. The monoisotopic (exact) mass is 230 g/mol. The average molecular weight is 230 g/mol. The second-order valence-corrected chi connectivity index (χ2v) is 3.39. The first-order valence-corrected chi connectivity index (χ1v) is 4.95. The molecule has 2 aromatic rings. The molecule has 17 heavy (non-hydrogen) atoms. The Morgan fingerprint density at radius 1 is 1.18 bits per heavy atom. The Bertz CT molecular complexity index is 553. The Morgan fingerprint density at radius 2 is 1.94 bits per heavy atom. The number of aromatic hydroxyl groups is 1. The van der Waals surface area contributed by atoms with Crippen LogP contribution in [0.5, 0.6) is 5.75 Å². The first kappa shape index (κ1) is 11.0. The van der Waals surface area contributed by atoms with Gasteiger partial charge in [-0.1, -0.05) is 12.1 Å². The van der Waals surface area contributed by atoms with Crippen molar-refractivity contribution in [3.05, 3.63) is 60.1 Å². The predicted octanol–water partition coefficient (Wildman–Crippen LogP) is 2.77. The molecule has 1 aromatic carbocycles. The summed E-state index contributed by atoms with van der Waals surface area (Å²) in [6.45, 7) is 0. The number of aliphatic hydroxyl groups excluding tert-OH is 1. The minimum absolute atomic E-state index is 0.0894. The van der Waals surface area contributed by atoms with E-state index in [1.807, 2.05) is 0 Å². The number of benzene rings is 1. The van der Waals surface area contributed by atoms with Crippen molar-refractivity contribution >= 4 is 11.5 Å². The van der Waals surface area contributed by atoms with Crippen molar-refractivity contribution in [3.63, 3.8) is 0 Å². The summed E-state index contributed by atoms with van der Waals surface area (Å²) < 4.78 is 4.89. The molecule has 0 aliphatic rings. The van der Waals surface area contributed by atoms with Gasteiger partial charge in [-0.05, 0) is 24.3 Å². The van der Waals surface area contributed by atoms with Crippen molar-refractivity contribution in [2.45, 2.75) is 0 Å². The molecule has 0 unspecified atom stereocenters. The summed E-state index contributed by atoms with van der Waals surface area (Å²) in [7, 11) is 0. The highest BCUT2D eigenvalue weighted by Gasteiger charge is 2.10. The first-order valence-electron chi connectivity index (χ1n) is 4.95. The normalized spacial score (nSPS) is 11.4. The summed E-state index contributed by atoms with van der Waals surface area (Å²) in [4.78, 5) is 11.6. The number of phenolic OH excluding ortho intramolecular Hbond substituents is 1. The molecule has 1 heterocycles. The zero-order chi connectivity index (χ0) is 12.3. The Kier molecular flexibility index (Phi) is 2.96. The summed E-state index contributed by atoms with van der Waals surface area (Å²) in [5, 5.41) is 19.2. The molecule has 0 saturated carbocycles. The van der Waals surface area contributed by atoms with E-state index < -0.39 is 5.78 Å². The third kappa shape index (κ3) is 2.36. The van der Waals surface area contributed by atoms with Crippen molar-refractivity contribution < 1.29 is 19.4 Å². The van der Waals surface area contributed by atoms with Crippen LogP contribution in [-0.2, 0) is 0 Å². The third-order valence-corrected chi connectivity index (χ3v) is 2.21. The minimum atomic E-state index is -0.462. The van der Waals surface area contributed by atoms with Gasteiger partial charge in [0.05, 0.1) is 11.8 Å². The highest BCUT2D eigenvalue weighted by Crippen LogP contribution is 2.22. The van der Waals surface area contributed by atoms with Crippen molar-refractivity contribution in [3.8, 4) is 5.75 Å². The van der Waals surface area contributed by atoms with Crippen molar-refractivity contribution in [2.24, 2.45) is 0 Å². The largest absolute Gasteiger partial charge is 0.507 e. The second kappa shape index (κ2) is 4.57. The van der Waals surface area contributed by atoms with E-state index >= 15 is 0 Å². The number of para-hydroxylation sites is 1. The van der Waals surface area contributed by atoms with E-state index in [2.05, 4.69) is 0 Å². The van der Waals surface area contributed by atoms with Crippen LogP contribution >= 0.6 is 0 Å². The van der Waals surface area contributed by atoms with Crippen LogP contribution in [-0.4, -0.2) is 16.0 Å². The summed E-state index contributed by atoms with van der Waals surface area (Å²) >= 11 is 0. The van der Waals surface area contributed by atoms with Gasteiger partial charge in [-0.2, -0.15) is 0 Å². The summed E-state index contributed by atoms with van der Waals surface area (Å²) in [6, 6.07) is 9.29. The maximum absolute atomic E-state index is 11.6. The van der Waals surface area contributed by atoms with E-state index in [0.29, 0.717) is 0 Å². The van der Waals surface area contributed by atoms with E-state index in [-0.39, 0.29) is 22.8 Å². The van der Waals surface area contributed by atoms with Crippen LogP contribution in [0.25, 0.3) is 5.76 Å². The average Bonchev–Trinajstić information content (AvgIpc) is 2.82. The fourth-order valence-electron chi connectivity index (χ4n) is 1.38. The van der Waals surface area contributed by atoms with Crippen LogP contribution in [0, 0.1) is 0 Å². The Hall–Kier alpha value is -2.49. The maximum atomic E-state index is 11.6. The zero-order valence-electron chi connectivity index (χ0n) is 8.83. The summed E-state index contributed by atoms with van der Waals surface area (Å²) in [5.41, 5.74) is 0.201. The molecule has 0 aliphatic carbocycles. The number of rotatable bonds is 3. The minimum Gasteiger partial charge on any atom is -0.507 e. The maximum Gasteiger partial charge on any atom is 0.224 e. The lowest BCUT2D eigenvalue weighted by Crippen LogP contribution is -1.94. The molecular weight excluding hydrogens is 220 g/mol. The Labute approximate surface area is 97.4 Å². The lowest BCUT2D eigenvalue weighted by molar-refractivity contribution is 0.102. The lowest BCUT2D eigenvalue weighted by Gasteiger charge is -2.02. The van der Waals surface area contributed by atoms with Gasteiger partial charge in [-0.25, -0.2) is 0 Å². The predicted molar refractivity (Wildman–Crippen MR) is 61.8 cm³/mol. The van der Waals surface area contributed by atoms with Gasteiger partial charge in [-0.3, -0.25) is 4.79 Å². The molecule has 0 aliphatic heterocycles. The highest BCUT2D eigenvalue weighted by atomic mass is 16.3. The fraction of sp³-hybridized carbons (Fsp3) is 0. The molecule has 86 valence electrons. The van der Waals surface area contributed by atoms with Crippen molar-refractivity contribution in [2.75, 3.05) is 0 Å². The molecule has 0 radical (unpaired) electrons. The van der Waals surface area contributed by atoms with E-state index in [9.17, 15) is 15.0 Å². The van der Waals surface area contributed by atoms with Crippen molar-refractivity contribution in [1.82, 2.24) is 0 Å². The smallest absolute Gasteiger partial charge is 0.224 e. The van der Waals surface area contributed by atoms with Crippen LogP contribution in [0.15, 0.2) is 53.2 Å². The molecule has 0 bridgehead atoms. The Morgan fingerprint density at radius 3 is 2.59 bits per heavy atom. The molecule has 2 N–H and O–H groups in total. The van der Waals surface area contributed by atoms with Crippen LogP contribution in [0.2, 0.25) is 0 Å². The van der Waals surface area contributed by atoms with E-state index in [1.165, 1.54) is 24.5 Å². The van der Waals surface area contributed by atoms with E-state index in [0.717, 1.165) is 6.08 Å². The molecule has 4 nitrogen and oxygen atoms in total. The number of ketones is 1. The molecule has 2 rings (SSSR count). The molecular formula is C13H10O4. The lowest BCUT2D eigenvalue weighted by atomic mass is 10.1. The van der Waals surface area contributed by atoms with Gasteiger partial charge in [0, 0.05) is 6.08 Å². The van der Waals surface area contributed by atoms with Crippen molar-refractivity contribution in [1.29, 1.82) is 0 Å². The zero-order valence-corrected chi connectivity index (χ0v) is 8.83. The molecule has 0 atom stereocenters. The van der Waals surface area contributed by atoms with Gasteiger partial charge in [0.2, 0.25) is 5.78 Å². The molecule has 0 spiro atoms. The Balaban J connectivity index is 2.29. The van der Waals surface area contributed by atoms with Gasteiger partial charge >= 0.3 is 0 Å². The van der Waals surface area contributed by atoms with E-state index in [1.54, 1.807) is 18.2 Å². The molecule has 0 amide bonds. The van der Waals surface area contributed by atoms with Gasteiger partial charge in [0.25, 0.3) is 0 Å². The summed E-state index contributed by atoms with van der Waals surface area (Å²) in [6.07, 6.45) is 2.38. The third-order valence-electron chi connectivity index (χ3n) is 2.21. The second-order valence-electron chi connectivity index (χ2n) is 3.39. The van der Waals surface area contributed by atoms with Gasteiger partial charge < -0.3 is 14.6 Å². The molecule has 0 saturated heterocycles. The van der Waals surface area contributed by atoms with Crippen LogP contribution in [0.3, 0.4) is 0 Å². The summed E-state index contributed by atoms with van der Waals surface area (Å²) in [5.74, 6) is -0.722. The van der Waals surface area contributed by atoms with Crippen LogP contribution in [0.4, 0.5) is 0 Å². The quantitative estimate of drug-likeness (QED) is 0.483.